The Bertz CT molecular complexity index is 1030. The van der Waals surface area contributed by atoms with Crippen LogP contribution < -0.4 is 15.4 Å². The van der Waals surface area contributed by atoms with Crippen LogP contribution in [0.25, 0.3) is 5.57 Å². The third kappa shape index (κ3) is 3.82. The minimum absolute atomic E-state index is 0.0385. The number of carbonyl (C=O) groups is 4. The zero-order chi connectivity index (χ0) is 21.3. The lowest BCUT2D eigenvalue weighted by atomic mass is 9.81. The highest BCUT2D eigenvalue weighted by molar-refractivity contribution is 6.33. The number of benzene rings is 1. The monoisotopic (exact) mass is 396 g/mol. The summed E-state index contributed by atoms with van der Waals surface area (Å²) >= 11 is 0. The van der Waals surface area contributed by atoms with Crippen LogP contribution in [-0.2, 0) is 19.2 Å². The maximum atomic E-state index is 12.7. The summed E-state index contributed by atoms with van der Waals surface area (Å²) in [6, 6.07) is 4.15. The van der Waals surface area contributed by atoms with Crippen molar-refractivity contribution in [1.29, 1.82) is 0 Å². The molecule has 8 heteroatoms. The Kier molecular flexibility index (Phi) is 5.36. The van der Waals surface area contributed by atoms with Gasteiger partial charge in [-0.15, -0.1) is 0 Å². The zero-order valence-corrected chi connectivity index (χ0v) is 16.2. The largest absolute Gasteiger partial charge is 0.504 e. The molecule has 0 aromatic heterocycles. The number of phenolic OH excluding ortho intramolecular Hbond substituents is 1. The fourth-order valence-electron chi connectivity index (χ4n) is 3.32. The van der Waals surface area contributed by atoms with Gasteiger partial charge in [-0.25, -0.2) is 0 Å². The molecule has 1 aromatic carbocycles. The van der Waals surface area contributed by atoms with E-state index in [1.807, 2.05) is 0 Å². The van der Waals surface area contributed by atoms with Gasteiger partial charge in [-0.05, 0) is 44.0 Å². The summed E-state index contributed by atoms with van der Waals surface area (Å²) in [7, 11) is 0. The molecule has 1 unspecified atom stereocenters. The van der Waals surface area contributed by atoms with Gasteiger partial charge in [0.15, 0.2) is 23.1 Å². The van der Waals surface area contributed by atoms with Gasteiger partial charge in [-0.2, -0.15) is 0 Å². The van der Waals surface area contributed by atoms with Crippen LogP contribution >= 0.6 is 0 Å². The molecule has 2 aliphatic heterocycles. The van der Waals surface area contributed by atoms with Crippen LogP contribution in [0.2, 0.25) is 0 Å². The molecule has 3 rings (SSSR count). The second-order valence-corrected chi connectivity index (χ2v) is 6.70. The van der Waals surface area contributed by atoms with Gasteiger partial charge in [0.1, 0.15) is 5.92 Å². The summed E-state index contributed by atoms with van der Waals surface area (Å²) in [4.78, 5) is 50.8. The highest BCUT2D eigenvalue weighted by Gasteiger charge is 2.39. The Balaban J connectivity index is 2.30. The molecule has 0 saturated carbocycles. The minimum Gasteiger partial charge on any atom is -0.504 e. The van der Waals surface area contributed by atoms with Crippen LogP contribution in [0.5, 0.6) is 11.5 Å². The number of phenols is 1. The number of hydrogen-bond donors (Lipinski definition) is 3. The number of amides is 2. The van der Waals surface area contributed by atoms with Crippen molar-refractivity contribution in [2.24, 2.45) is 5.92 Å². The third-order valence-electron chi connectivity index (χ3n) is 4.49. The summed E-state index contributed by atoms with van der Waals surface area (Å²) in [5.74, 6) is -3.95. The first-order valence-corrected chi connectivity index (χ1v) is 9.00. The van der Waals surface area contributed by atoms with Crippen molar-refractivity contribution in [3.8, 4) is 11.5 Å². The van der Waals surface area contributed by atoms with Gasteiger partial charge in [0.2, 0.25) is 5.91 Å². The summed E-state index contributed by atoms with van der Waals surface area (Å²) in [6.45, 7) is 5.11. The smallest absolute Gasteiger partial charge is 0.259 e. The van der Waals surface area contributed by atoms with Gasteiger partial charge in [-0.1, -0.05) is 6.07 Å². The zero-order valence-electron chi connectivity index (χ0n) is 16.2. The third-order valence-corrected chi connectivity index (χ3v) is 4.49. The molecule has 150 valence electrons. The van der Waals surface area contributed by atoms with Crippen LogP contribution in [0.1, 0.15) is 26.3 Å². The summed E-state index contributed by atoms with van der Waals surface area (Å²) < 4.78 is 5.38. The van der Waals surface area contributed by atoms with Crippen molar-refractivity contribution in [3.63, 3.8) is 0 Å². The summed E-state index contributed by atoms with van der Waals surface area (Å²) in [6.07, 6.45) is 2.48. The van der Waals surface area contributed by atoms with Gasteiger partial charge in [0.25, 0.3) is 5.91 Å². The SMILES string of the molecule is CCOc1cc(/C(=C2/C(=O)C=C(C)NC2=O)C2C(=O)C=C(C)NC2=O)ccc1O. The number of carbonyl (C=O) groups excluding carboxylic acids is 4. The van der Waals surface area contributed by atoms with Crippen molar-refractivity contribution in [2.75, 3.05) is 6.61 Å². The number of allylic oxidation sites excluding steroid dienone is 4. The highest BCUT2D eigenvalue weighted by atomic mass is 16.5. The van der Waals surface area contributed by atoms with Crippen LogP contribution in [-0.4, -0.2) is 35.1 Å². The molecule has 29 heavy (non-hydrogen) atoms. The van der Waals surface area contributed by atoms with E-state index in [-0.39, 0.29) is 34.8 Å². The lowest BCUT2D eigenvalue weighted by Crippen LogP contribution is -2.41. The average molecular weight is 396 g/mol. The molecule has 0 aliphatic carbocycles. The molecule has 1 atom stereocenters. The van der Waals surface area contributed by atoms with Crippen LogP contribution in [0.4, 0.5) is 0 Å². The molecule has 8 nitrogen and oxygen atoms in total. The summed E-state index contributed by atoms with van der Waals surface area (Å²) in [5, 5.41) is 15.1. The first-order chi connectivity index (χ1) is 13.7. The molecule has 1 aromatic rings. The molecule has 0 fully saturated rings. The van der Waals surface area contributed by atoms with Crippen LogP contribution in [0, 0.1) is 5.92 Å². The Labute approximate surface area is 166 Å². The number of ether oxygens (including phenoxy) is 1. The number of hydrogen-bond acceptors (Lipinski definition) is 6. The molecule has 0 bridgehead atoms. The highest BCUT2D eigenvalue weighted by Crippen LogP contribution is 2.37. The maximum absolute atomic E-state index is 12.7. The fourth-order valence-corrected chi connectivity index (χ4v) is 3.32. The molecule has 3 N–H and O–H groups in total. The molecule has 0 radical (unpaired) electrons. The fraction of sp³-hybridized carbons (Fsp3) is 0.238. The quantitative estimate of drug-likeness (QED) is 0.401. The van der Waals surface area contributed by atoms with Gasteiger partial charge in [0.05, 0.1) is 12.2 Å². The molecular weight excluding hydrogens is 376 g/mol. The average Bonchev–Trinajstić information content (AvgIpc) is 2.61. The summed E-state index contributed by atoms with van der Waals surface area (Å²) in [5.41, 5.74) is 0.642. The Morgan fingerprint density at radius 3 is 2.38 bits per heavy atom. The second-order valence-electron chi connectivity index (χ2n) is 6.70. The van der Waals surface area contributed by atoms with E-state index in [2.05, 4.69) is 10.6 Å². The van der Waals surface area contributed by atoms with Gasteiger partial charge >= 0.3 is 0 Å². The molecule has 0 spiro atoms. The van der Waals surface area contributed by atoms with E-state index in [0.717, 1.165) is 0 Å². The van der Waals surface area contributed by atoms with Crippen molar-refractivity contribution in [3.05, 3.63) is 52.9 Å². The van der Waals surface area contributed by atoms with Gasteiger partial charge in [0, 0.05) is 23.5 Å². The topological polar surface area (TPSA) is 122 Å². The van der Waals surface area contributed by atoms with Crippen molar-refractivity contribution >= 4 is 29.0 Å². The Morgan fingerprint density at radius 1 is 1.07 bits per heavy atom. The van der Waals surface area contributed by atoms with Crippen LogP contribution in [0.15, 0.2) is 47.3 Å². The van der Waals surface area contributed by atoms with E-state index in [1.165, 1.54) is 30.4 Å². The van der Waals surface area contributed by atoms with Crippen molar-refractivity contribution < 1.29 is 29.0 Å². The Hall–Kier alpha value is -3.68. The van der Waals surface area contributed by atoms with E-state index < -0.39 is 29.3 Å². The number of ketones is 2. The van der Waals surface area contributed by atoms with Crippen molar-refractivity contribution in [1.82, 2.24) is 10.6 Å². The molecular formula is C21H20N2O6. The number of aromatic hydroxyl groups is 1. The standard InChI is InChI=1S/C21H20N2O6/c1-4-29-16-9-12(5-6-13(16)24)17(18-14(25)7-10(2)22-20(18)27)19-15(26)8-11(3)23-21(19)28/h5-9,18,24H,4H2,1-3H3,(H,22,27)(H,23,28)/b19-17+. The predicted molar refractivity (Wildman–Crippen MR) is 103 cm³/mol. The van der Waals surface area contributed by atoms with E-state index in [0.29, 0.717) is 11.4 Å². The van der Waals surface area contributed by atoms with Crippen molar-refractivity contribution in [2.45, 2.75) is 20.8 Å². The first kappa shape index (κ1) is 20.1. The van der Waals surface area contributed by atoms with E-state index in [1.54, 1.807) is 20.8 Å². The van der Waals surface area contributed by atoms with Crippen LogP contribution in [0.3, 0.4) is 0 Å². The predicted octanol–water partition coefficient (Wildman–Crippen LogP) is 1.37. The number of nitrogens with one attached hydrogen (secondary N) is 2. The number of rotatable bonds is 4. The molecule has 2 heterocycles. The molecule has 0 saturated heterocycles. The normalized spacial score (nSPS) is 21.1. The first-order valence-electron chi connectivity index (χ1n) is 9.00. The lowest BCUT2D eigenvalue weighted by molar-refractivity contribution is -0.129. The maximum Gasteiger partial charge on any atom is 0.259 e. The minimum atomic E-state index is -1.39. The van der Waals surface area contributed by atoms with E-state index in [9.17, 15) is 24.3 Å². The lowest BCUT2D eigenvalue weighted by Gasteiger charge is -2.26. The van der Waals surface area contributed by atoms with Gasteiger partial charge in [-0.3, -0.25) is 19.2 Å². The van der Waals surface area contributed by atoms with Gasteiger partial charge < -0.3 is 20.5 Å². The molecule has 2 aliphatic rings. The van der Waals surface area contributed by atoms with E-state index in [4.69, 9.17) is 4.74 Å². The Morgan fingerprint density at radius 2 is 1.76 bits per heavy atom. The second kappa shape index (κ2) is 7.75. The molecule has 2 amide bonds. The van der Waals surface area contributed by atoms with E-state index >= 15 is 0 Å².